The first-order valence-electron chi connectivity index (χ1n) is 4.43. The fraction of sp³-hybridized carbons (Fsp3) is 0.273. The molecule has 0 aliphatic carbocycles. The lowest BCUT2D eigenvalue weighted by molar-refractivity contribution is 0.102. The molecule has 2 heteroatoms. The Bertz CT molecular complexity index is 246. The summed E-state index contributed by atoms with van der Waals surface area (Å²) in [6.45, 7) is 0. The standard InChI is InChI=1S/C11H12O2/c1-3-7-12-10(5-1)9-11-6-2-4-8-13-11/h1-8,10-11H,9H2. The van der Waals surface area contributed by atoms with Crippen molar-refractivity contribution in [1.29, 1.82) is 0 Å². The van der Waals surface area contributed by atoms with Crippen LogP contribution in [0.4, 0.5) is 0 Å². The summed E-state index contributed by atoms with van der Waals surface area (Å²) in [6.07, 6.45) is 16.4. The van der Waals surface area contributed by atoms with E-state index in [-0.39, 0.29) is 12.2 Å². The van der Waals surface area contributed by atoms with Gasteiger partial charge in [0.25, 0.3) is 0 Å². The van der Waals surface area contributed by atoms with E-state index >= 15 is 0 Å². The van der Waals surface area contributed by atoms with Crippen molar-refractivity contribution in [2.45, 2.75) is 18.6 Å². The van der Waals surface area contributed by atoms with Crippen molar-refractivity contribution < 1.29 is 9.47 Å². The third-order valence-electron chi connectivity index (χ3n) is 2.00. The molecule has 0 fully saturated rings. The van der Waals surface area contributed by atoms with Gasteiger partial charge in [-0.1, -0.05) is 12.2 Å². The van der Waals surface area contributed by atoms with Crippen molar-refractivity contribution in [3.8, 4) is 0 Å². The van der Waals surface area contributed by atoms with Crippen molar-refractivity contribution in [3.05, 3.63) is 49.0 Å². The summed E-state index contributed by atoms with van der Waals surface area (Å²) in [7, 11) is 0. The van der Waals surface area contributed by atoms with E-state index in [9.17, 15) is 0 Å². The normalized spacial score (nSPS) is 29.8. The molecule has 2 nitrogen and oxygen atoms in total. The van der Waals surface area contributed by atoms with Crippen LogP contribution < -0.4 is 0 Å². The van der Waals surface area contributed by atoms with E-state index < -0.39 is 0 Å². The molecule has 13 heavy (non-hydrogen) atoms. The van der Waals surface area contributed by atoms with Gasteiger partial charge in [-0.25, -0.2) is 0 Å². The van der Waals surface area contributed by atoms with Crippen LogP contribution in [0.1, 0.15) is 6.42 Å². The smallest absolute Gasteiger partial charge is 0.120 e. The summed E-state index contributed by atoms with van der Waals surface area (Å²) in [4.78, 5) is 0. The molecule has 0 aromatic carbocycles. The van der Waals surface area contributed by atoms with Crippen molar-refractivity contribution in [2.24, 2.45) is 0 Å². The summed E-state index contributed by atoms with van der Waals surface area (Å²) < 4.78 is 10.8. The molecule has 2 rings (SSSR count). The number of hydrogen-bond donors (Lipinski definition) is 0. The largest absolute Gasteiger partial charge is 0.494 e. The fourth-order valence-electron chi connectivity index (χ4n) is 1.35. The summed E-state index contributed by atoms with van der Waals surface area (Å²) in [5.41, 5.74) is 0. The lowest BCUT2D eigenvalue weighted by Gasteiger charge is -2.20. The molecule has 2 aliphatic rings. The molecule has 68 valence electrons. The van der Waals surface area contributed by atoms with Crippen LogP contribution in [0.25, 0.3) is 0 Å². The number of rotatable bonds is 2. The monoisotopic (exact) mass is 176 g/mol. The van der Waals surface area contributed by atoms with Gasteiger partial charge in [-0.2, -0.15) is 0 Å². The molecule has 0 spiro atoms. The molecule has 2 atom stereocenters. The van der Waals surface area contributed by atoms with Gasteiger partial charge in [0.1, 0.15) is 12.2 Å². The topological polar surface area (TPSA) is 18.5 Å². The SMILES string of the molecule is C1=COC(CC2C=CC=CO2)C=C1. The minimum absolute atomic E-state index is 0.145. The van der Waals surface area contributed by atoms with Gasteiger partial charge < -0.3 is 9.47 Å². The van der Waals surface area contributed by atoms with Crippen LogP contribution in [0, 0.1) is 0 Å². The Labute approximate surface area is 77.8 Å². The molecule has 0 saturated heterocycles. The zero-order valence-electron chi connectivity index (χ0n) is 7.30. The molecule has 0 N–H and O–H groups in total. The van der Waals surface area contributed by atoms with E-state index in [4.69, 9.17) is 9.47 Å². The second-order valence-electron chi connectivity index (χ2n) is 3.01. The van der Waals surface area contributed by atoms with E-state index in [1.54, 1.807) is 12.5 Å². The molecular weight excluding hydrogens is 164 g/mol. The third-order valence-corrected chi connectivity index (χ3v) is 2.00. The highest BCUT2D eigenvalue weighted by molar-refractivity contribution is 5.11. The molecule has 0 aromatic heterocycles. The van der Waals surface area contributed by atoms with E-state index in [0.717, 1.165) is 6.42 Å². The zero-order chi connectivity index (χ0) is 8.93. The first kappa shape index (κ1) is 8.17. The molecular formula is C11H12O2. The van der Waals surface area contributed by atoms with Crippen molar-refractivity contribution in [2.75, 3.05) is 0 Å². The van der Waals surface area contributed by atoms with E-state index in [1.807, 2.05) is 36.5 Å². The quantitative estimate of drug-likeness (QED) is 0.642. The Balaban J connectivity index is 1.84. The summed E-state index contributed by atoms with van der Waals surface area (Å²) in [6, 6.07) is 0. The van der Waals surface area contributed by atoms with Crippen LogP contribution >= 0.6 is 0 Å². The summed E-state index contributed by atoms with van der Waals surface area (Å²) in [5.74, 6) is 0. The van der Waals surface area contributed by atoms with Gasteiger partial charge >= 0.3 is 0 Å². The molecule has 2 heterocycles. The summed E-state index contributed by atoms with van der Waals surface area (Å²) in [5, 5.41) is 0. The van der Waals surface area contributed by atoms with Crippen LogP contribution in [0.5, 0.6) is 0 Å². The van der Waals surface area contributed by atoms with Gasteiger partial charge in [0.05, 0.1) is 12.5 Å². The Kier molecular flexibility index (Phi) is 2.51. The first-order chi connectivity index (χ1) is 6.45. The van der Waals surface area contributed by atoms with Gasteiger partial charge in [0.15, 0.2) is 0 Å². The first-order valence-corrected chi connectivity index (χ1v) is 4.43. The lowest BCUT2D eigenvalue weighted by Crippen LogP contribution is -2.19. The van der Waals surface area contributed by atoms with Gasteiger partial charge in [0.2, 0.25) is 0 Å². The Hall–Kier alpha value is -1.44. The molecule has 0 amide bonds. The fourth-order valence-corrected chi connectivity index (χ4v) is 1.35. The number of hydrogen-bond acceptors (Lipinski definition) is 2. The molecule has 0 bridgehead atoms. The Morgan fingerprint density at radius 2 is 1.31 bits per heavy atom. The highest BCUT2D eigenvalue weighted by Gasteiger charge is 2.14. The molecule has 0 saturated carbocycles. The van der Waals surface area contributed by atoms with E-state index in [2.05, 4.69) is 0 Å². The van der Waals surface area contributed by atoms with Crippen molar-refractivity contribution in [1.82, 2.24) is 0 Å². The van der Waals surface area contributed by atoms with Gasteiger partial charge in [-0.3, -0.25) is 0 Å². The second-order valence-corrected chi connectivity index (χ2v) is 3.01. The van der Waals surface area contributed by atoms with Crippen LogP contribution in [0.3, 0.4) is 0 Å². The highest BCUT2D eigenvalue weighted by atomic mass is 16.5. The molecule has 2 unspecified atom stereocenters. The minimum Gasteiger partial charge on any atom is -0.494 e. The number of allylic oxidation sites excluding steroid dienone is 4. The lowest BCUT2D eigenvalue weighted by atomic mass is 10.1. The molecule has 2 aliphatic heterocycles. The Morgan fingerprint density at radius 3 is 1.69 bits per heavy atom. The predicted octanol–water partition coefficient (Wildman–Crippen LogP) is 2.31. The number of ether oxygens (including phenoxy) is 2. The maximum absolute atomic E-state index is 5.38. The third kappa shape index (κ3) is 2.25. The minimum atomic E-state index is 0.145. The highest BCUT2D eigenvalue weighted by Crippen LogP contribution is 2.14. The van der Waals surface area contributed by atoms with Crippen molar-refractivity contribution in [3.63, 3.8) is 0 Å². The summed E-state index contributed by atoms with van der Waals surface area (Å²) >= 11 is 0. The van der Waals surface area contributed by atoms with Gasteiger partial charge in [-0.05, 0) is 24.3 Å². The maximum atomic E-state index is 5.38. The van der Waals surface area contributed by atoms with Crippen LogP contribution in [-0.4, -0.2) is 12.2 Å². The van der Waals surface area contributed by atoms with E-state index in [1.165, 1.54) is 0 Å². The van der Waals surface area contributed by atoms with Gasteiger partial charge in [-0.15, -0.1) is 0 Å². The maximum Gasteiger partial charge on any atom is 0.120 e. The van der Waals surface area contributed by atoms with Crippen LogP contribution in [-0.2, 0) is 9.47 Å². The molecule has 0 radical (unpaired) electrons. The van der Waals surface area contributed by atoms with Crippen LogP contribution in [0.2, 0.25) is 0 Å². The van der Waals surface area contributed by atoms with E-state index in [0.29, 0.717) is 0 Å². The van der Waals surface area contributed by atoms with Crippen LogP contribution in [0.15, 0.2) is 49.0 Å². The second kappa shape index (κ2) is 3.99. The van der Waals surface area contributed by atoms with Gasteiger partial charge in [0, 0.05) is 6.42 Å². The average Bonchev–Trinajstić information content (AvgIpc) is 2.21. The average molecular weight is 176 g/mol. The predicted molar refractivity (Wildman–Crippen MR) is 50.9 cm³/mol. The van der Waals surface area contributed by atoms with Crippen molar-refractivity contribution >= 4 is 0 Å². The zero-order valence-corrected chi connectivity index (χ0v) is 7.30. The Morgan fingerprint density at radius 1 is 0.769 bits per heavy atom. The molecule has 0 aromatic rings.